The maximum absolute atomic E-state index is 4.67. The molecular formula is C15H25N7S. The van der Waals surface area contributed by atoms with Gasteiger partial charge in [0.1, 0.15) is 12.2 Å². The van der Waals surface area contributed by atoms with Crippen LogP contribution < -0.4 is 10.6 Å². The van der Waals surface area contributed by atoms with E-state index in [2.05, 4.69) is 56.8 Å². The molecule has 0 unspecified atom stereocenters. The summed E-state index contributed by atoms with van der Waals surface area (Å²) in [4.78, 5) is 13.4. The van der Waals surface area contributed by atoms with Gasteiger partial charge in [0.05, 0.1) is 23.8 Å². The number of aliphatic imine (C=N–C) groups is 1. The molecule has 0 aromatic carbocycles. The summed E-state index contributed by atoms with van der Waals surface area (Å²) in [6.45, 7) is 10.5. The minimum Gasteiger partial charge on any atom is -0.357 e. The Morgan fingerprint density at radius 2 is 2.13 bits per heavy atom. The Balaban J connectivity index is 1.98. The van der Waals surface area contributed by atoms with Crippen LogP contribution in [0.3, 0.4) is 0 Å². The number of hydrogen-bond donors (Lipinski definition) is 2. The van der Waals surface area contributed by atoms with Gasteiger partial charge in [0.2, 0.25) is 0 Å². The van der Waals surface area contributed by atoms with E-state index in [1.807, 2.05) is 14.0 Å². The number of thiazole rings is 1. The summed E-state index contributed by atoms with van der Waals surface area (Å²) >= 11 is 1.69. The van der Waals surface area contributed by atoms with Gasteiger partial charge in [0.15, 0.2) is 5.96 Å². The van der Waals surface area contributed by atoms with E-state index in [-0.39, 0.29) is 5.41 Å². The third kappa shape index (κ3) is 5.02. The summed E-state index contributed by atoms with van der Waals surface area (Å²) in [5, 5.41) is 13.8. The lowest BCUT2D eigenvalue weighted by Gasteiger charge is -2.13. The Hall–Kier alpha value is -1.96. The zero-order chi connectivity index (χ0) is 16.9. The first-order valence-corrected chi connectivity index (χ1v) is 8.58. The van der Waals surface area contributed by atoms with Crippen LogP contribution in [0.15, 0.2) is 16.7 Å². The lowest BCUT2D eigenvalue weighted by atomic mass is 9.98. The normalized spacial score (nSPS) is 12.5. The van der Waals surface area contributed by atoms with Crippen molar-refractivity contribution in [1.82, 2.24) is 30.4 Å². The van der Waals surface area contributed by atoms with Crippen molar-refractivity contribution in [2.45, 2.75) is 46.2 Å². The van der Waals surface area contributed by atoms with Crippen molar-refractivity contribution in [3.63, 3.8) is 0 Å². The highest BCUT2D eigenvalue weighted by molar-refractivity contribution is 7.09. The van der Waals surface area contributed by atoms with Gasteiger partial charge in [-0.3, -0.25) is 4.68 Å². The highest BCUT2D eigenvalue weighted by atomic mass is 32.1. The number of hydrogen-bond acceptors (Lipinski definition) is 5. The first-order valence-electron chi connectivity index (χ1n) is 7.70. The molecule has 0 aliphatic heterocycles. The molecule has 0 spiro atoms. The molecule has 2 heterocycles. The highest BCUT2D eigenvalue weighted by Gasteiger charge is 2.17. The molecule has 126 valence electrons. The first kappa shape index (κ1) is 17.4. The standard InChI is InChI=1S/C15H25N7S/c1-6-16-14(18-8-12-19-10-20-22(12)5)17-7-11-9-23-13(21-11)15(2,3)4/h9-10H,6-8H2,1-5H3,(H2,16,17,18). The van der Waals surface area contributed by atoms with E-state index in [9.17, 15) is 0 Å². The molecule has 2 N–H and O–H groups in total. The average molecular weight is 335 g/mol. The Kier molecular flexibility index (Phi) is 5.70. The smallest absolute Gasteiger partial charge is 0.192 e. The second-order valence-corrected chi connectivity index (χ2v) is 7.10. The fourth-order valence-corrected chi connectivity index (χ4v) is 2.77. The molecule has 0 atom stereocenters. The minimum atomic E-state index is 0.0839. The zero-order valence-corrected chi connectivity index (χ0v) is 15.2. The van der Waals surface area contributed by atoms with E-state index in [1.165, 1.54) is 0 Å². The van der Waals surface area contributed by atoms with Crippen molar-refractivity contribution >= 4 is 17.3 Å². The highest BCUT2D eigenvalue weighted by Crippen LogP contribution is 2.25. The quantitative estimate of drug-likeness (QED) is 0.643. The molecule has 2 aromatic heterocycles. The largest absolute Gasteiger partial charge is 0.357 e. The molecule has 0 radical (unpaired) electrons. The summed E-state index contributed by atoms with van der Waals surface area (Å²) in [6.07, 6.45) is 1.55. The van der Waals surface area contributed by atoms with Gasteiger partial charge in [0.25, 0.3) is 0 Å². The Labute approximate surface area is 141 Å². The van der Waals surface area contributed by atoms with Crippen LogP contribution >= 0.6 is 11.3 Å². The molecule has 0 fully saturated rings. The van der Waals surface area contributed by atoms with Gasteiger partial charge >= 0.3 is 0 Å². The summed E-state index contributed by atoms with van der Waals surface area (Å²) in [7, 11) is 1.87. The number of rotatable bonds is 5. The number of aryl methyl sites for hydroxylation is 1. The monoisotopic (exact) mass is 335 g/mol. The number of aromatic nitrogens is 4. The SMILES string of the molecule is CCNC(=NCc1csc(C(C)(C)C)n1)NCc1ncnn1C. The first-order chi connectivity index (χ1) is 10.9. The van der Waals surface area contributed by atoms with Crippen molar-refractivity contribution in [2.24, 2.45) is 12.0 Å². The van der Waals surface area contributed by atoms with Gasteiger partial charge in [-0.1, -0.05) is 20.8 Å². The summed E-state index contributed by atoms with van der Waals surface area (Å²) < 4.78 is 1.74. The molecule has 0 saturated heterocycles. The van der Waals surface area contributed by atoms with Gasteiger partial charge in [0, 0.05) is 24.4 Å². The maximum Gasteiger partial charge on any atom is 0.192 e. The van der Waals surface area contributed by atoms with E-state index in [0.29, 0.717) is 13.1 Å². The molecule has 0 saturated carbocycles. The molecular weight excluding hydrogens is 310 g/mol. The Morgan fingerprint density at radius 1 is 1.35 bits per heavy atom. The second kappa shape index (κ2) is 7.54. The number of nitrogens with one attached hydrogen (secondary N) is 2. The molecule has 0 bridgehead atoms. The molecule has 23 heavy (non-hydrogen) atoms. The fourth-order valence-electron chi connectivity index (χ4n) is 1.87. The minimum absolute atomic E-state index is 0.0839. The van der Waals surface area contributed by atoms with Gasteiger partial charge in [-0.2, -0.15) is 5.10 Å². The van der Waals surface area contributed by atoms with Crippen LogP contribution in [0.2, 0.25) is 0 Å². The molecule has 0 amide bonds. The topological polar surface area (TPSA) is 80.0 Å². The van der Waals surface area contributed by atoms with Crippen molar-refractivity contribution in [2.75, 3.05) is 6.54 Å². The Bertz CT molecular complexity index is 651. The van der Waals surface area contributed by atoms with Crippen LogP contribution in [0.25, 0.3) is 0 Å². The molecule has 2 aromatic rings. The second-order valence-electron chi connectivity index (χ2n) is 6.24. The lowest BCUT2D eigenvalue weighted by Crippen LogP contribution is -2.37. The van der Waals surface area contributed by atoms with Gasteiger partial charge in [-0.25, -0.2) is 15.0 Å². The van der Waals surface area contributed by atoms with E-state index >= 15 is 0 Å². The van der Waals surface area contributed by atoms with Crippen LogP contribution in [0.1, 0.15) is 44.2 Å². The predicted molar refractivity (Wildman–Crippen MR) is 93.5 cm³/mol. The predicted octanol–water partition coefficient (Wildman–Crippen LogP) is 1.82. The van der Waals surface area contributed by atoms with Crippen LogP contribution in [-0.2, 0) is 25.6 Å². The fraction of sp³-hybridized carbons (Fsp3) is 0.600. The molecule has 0 aliphatic rings. The van der Waals surface area contributed by atoms with Crippen LogP contribution in [0.5, 0.6) is 0 Å². The molecule has 2 rings (SSSR count). The zero-order valence-electron chi connectivity index (χ0n) is 14.4. The van der Waals surface area contributed by atoms with Crippen LogP contribution in [0, 0.1) is 0 Å². The average Bonchev–Trinajstić information content (AvgIpc) is 3.10. The van der Waals surface area contributed by atoms with Crippen molar-refractivity contribution in [3.05, 3.63) is 28.2 Å². The van der Waals surface area contributed by atoms with Gasteiger partial charge in [-0.15, -0.1) is 11.3 Å². The summed E-state index contributed by atoms with van der Waals surface area (Å²) in [6, 6.07) is 0. The van der Waals surface area contributed by atoms with E-state index in [1.54, 1.807) is 22.3 Å². The third-order valence-electron chi connectivity index (χ3n) is 3.16. The molecule has 7 nitrogen and oxygen atoms in total. The van der Waals surface area contributed by atoms with E-state index in [0.717, 1.165) is 29.0 Å². The van der Waals surface area contributed by atoms with E-state index < -0.39 is 0 Å². The third-order valence-corrected chi connectivity index (χ3v) is 4.47. The molecule has 0 aliphatic carbocycles. The number of guanidine groups is 1. The summed E-state index contributed by atoms with van der Waals surface area (Å²) in [5.74, 6) is 1.61. The van der Waals surface area contributed by atoms with Crippen molar-refractivity contribution in [3.8, 4) is 0 Å². The van der Waals surface area contributed by atoms with Gasteiger partial charge < -0.3 is 10.6 Å². The van der Waals surface area contributed by atoms with E-state index in [4.69, 9.17) is 0 Å². The van der Waals surface area contributed by atoms with Crippen molar-refractivity contribution < 1.29 is 0 Å². The Morgan fingerprint density at radius 3 is 2.70 bits per heavy atom. The maximum atomic E-state index is 4.67. The van der Waals surface area contributed by atoms with Crippen molar-refractivity contribution in [1.29, 1.82) is 0 Å². The molecule has 8 heteroatoms. The number of nitrogens with zero attached hydrogens (tertiary/aromatic N) is 5. The summed E-state index contributed by atoms with van der Waals surface area (Å²) in [5.41, 5.74) is 1.08. The van der Waals surface area contributed by atoms with Crippen LogP contribution in [0.4, 0.5) is 0 Å². The van der Waals surface area contributed by atoms with Crippen LogP contribution in [-0.4, -0.2) is 32.3 Å². The van der Waals surface area contributed by atoms with Gasteiger partial charge in [-0.05, 0) is 6.92 Å². The lowest BCUT2D eigenvalue weighted by molar-refractivity contribution is 0.583.